The van der Waals surface area contributed by atoms with E-state index >= 15 is 0 Å². The number of rotatable bonds is 2. The molecule has 0 aromatic rings. The molecule has 4 aliphatic carbocycles. The van der Waals surface area contributed by atoms with Crippen molar-refractivity contribution in [3.63, 3.8) is 0 Å². The van der Waals surface area contributed by atoms with E-state index in [1.54, 1.807) is 6.92 Å². The number of hydrogen-bond donors (Lipinski definition) is 0. The summed E-state index contributed by atoms with van der Waals surface area (Å²) in [6.45, 7) is 1.78. The van der Waals surface area contributed by atoms with Crippen molar-refractivity contribution < 1.29 is 4.79 Å². The minimum atomic E-state index is 0.261. The van der Waals surface area contributed by atoms with E-state index in [0.29, 0.717) is 23.9 Å². The predicted molar refractivity (Wildman–Crippen MR) is 98.5 cm³/mol. The molecule has 0 heterocycles. The Balaban J connectivity index is 1.68. The molecular formula is C22H29NO. The normalized spacial score (nSPS) is 34.7. The van der Waals surface area contributed by atoms with E-state index in [1.165, 1.54) is 36.8 Å². The highest BCUT2D eigenvalue weighted by Crippen LogP contribution is 2.42. The van der Waals surface area contributed by atoms with Crippen LogP contribution in [0.2, 0.25) is 0 Å². The lowest BCUT2D eigenvalue weighted by Crippen LogP contribution is -2.52. The molecule has 0 saturated heterocycles. The molecule has 128 valence electrons. The molecule has 4 unspecified atom stereocenters. The fourth-order valence-electron chi connectivity index (χ4n) is 5.43. The molecule has 4 aliphatic rings. The maximum atomic E-state index is 12.7. The fourth-order valence-corrected chi connectivity index (χ4v) is 5.43. The number of carbonyl (C=O) groups is 1. The Hall–Kier alpha value is -1.57. The van der Waals surface area contributed by atoms with E-state index in [2.05, 4.69) is 41.4 Å². The number of carbonyl (C=O) groups excluding carboxylic acids is 1. The summed E-state index contributed by atoms with van der Waals surface area (Å²) in [5.74, 6) is 1.59. The molecule has 0 aromatic carbocycles. The van der Waals surface area contributed by atoms with Crippen molar-refractivity contribution in [3.8, 4) is 0 Å². The molecule has 2 heteroatoms. The molecule has 0 bridgehead atoms. The van der Waals surface area contributed by atoms with Gasteiger partial charge in [-0.3, -0.25) is 4.79 Å². The molecule has 4 atom stereocenters. The van der Waals surface area contributed by atoms with Gasteiger partial charge in [-0.25, -0.2) is 0 Å². The lowest BCUT2D eigenvalue weighted by atomic mass is 9.73. The quantitative estimate of drug-likeness (QED) is 0.704. The van der Waals surface area contributed by atoms with Gasteiger partial charge in [0.1, 0.15) is 0 Å². The molecule has 0 spiro atoms. The molecule has 0 aliphatic heterocycles. The Labute approximate surface area is 146 Å². The third-order valence-electron chi connectivity index (χ3n) is 6.50. The molecule has 1 amide bonds. The smallest absolute Gasteiger partial charge is 0.220 e. The van der Waals surface area contributed by atoms with Crippen LogP contribution in [0.4, 0.5) is 0 Å². The summed E-state index contributed by atoms with van der Waals surface area (Å²) < 4.78 is 0. The summed E-state index contributed by atoms with van der Waals surface area (Å²) in [5.41, 5.74) is 3.04. The first-order valence-electron chi connectivity index (χ1n) is 9.78. The molecule has 2 nitrogen and oxygen atoms in total. The van der Waals surface area contributed by atoms with E-state index in [4.69, 9.17) is 0 Å². The summed E-state index contributed by atoms with van der Waals surface area (Å²) in [6.07, 6.45) is 23.3. The van der Waals surface area contributed by atoms with E-state index in [-0.39, 0.29) is 5.91 Å². The maximum absolute atomic E-state index is 12.7. The van der Waals surface area contributed by atoms with Gasteiger partial charge in [0.25, 0.3) is 0 Å². The Bertz CT molecular complexity index is 576. The molecule has 2 saturated carbocycles. The van der Waals surface area contributed by atoms with Gasteiger partial charge in [0, 0.05) is 6.92 Å². The third-order valence-corrected chi connectivity index (χ3v) is 6.50. The Kier molecular flexibility index (Phi) is 4.47. The largest absolute Gasteiger partial charge is 0.329 e. The van der Waals surface area contributed by atoms with Gasteiger partial charge in [0.05, 0.1) is 12.1 Å². The van der Waals surface area contributed by atoms with Crippen molar-refractivity contribution in [1.82, 2.24) is 4.90 Å². The second-order valence-corrected chi connectivity index (χ2v) is 7.87. The summed E-state index contributed by atoms with van der Waals surface area (Å²) in [6, 6.07) is 0.642. The number of amides is 1. The highest BCUT2D eigenvalue weighted by molar-refractivity contribution is 5.75. The monoisotopic (exact) mass is 323 g/mol. The Morgan fingerprint density at radius 2 is 1.38 bits per heavy atom. The first-order chi connectivity index (χ1) is 11.8. The molecule has 0 aromatic heterocycles. The van der Waals surface area contributed by atoms with Crippen LogP contribution in [0.15, 0.2) is 47.6 Å². The minimum absolute atomic E-state index is 0.261. The first kappa shape index (κ1) is 15.9. The fraction of sp³-hybridized carbons (Fsp3) is 0.591. The van der Waals surface area contributed by atoms with E-state index in [0.717, 1.165) is 25.7 Å². The molecular weight excluding hydrogens is 294 g/mol. The van der Waals surface area contributed by atoms with Gasteiger partial charge in [-0.2, -0.15) is 0 Å². The van der Waals surface area contributed by atoms with Crippen LogP contribution in [0, 0.1) is 11.8 Å². The van der Waals surface area contributed by atoms with Crippen LogP contribution < -0.4 is 0 Å². The second-order valence-electron chi connectivity index (χ2n) is 7.87. The predicted octanol–water partition coefficient (Wildman–Crippen LogP) is 4.94. The Morgan fingerprint density at radius 1 is 0.875 bits per heavy atom. The van der Waals surface area contributed by atoms with Crippen molar-refractivity contribution >= 4 is 5.91 Å². The van der Waals surface area contributed by atoms with Crippen LogP contribution in [-0.2, 0) is 4.79 Å². The van der Waals surface area contributed by atoms with Gasteiger partial charge >= 0.3 is 0 Å². The van der Waals surface area contributed by atoms with E-state index in [9.17, 15) is 4.79 Å². The highest BCUT2D eigenvalue weighted by atomic mass is 16.2. The molecule has 4 rings (SSSR count). The number of allylic oxidation sites excluding steroid dienone is 6. The summed E-state index contributed by atoms with van der Waals surface area (Å²) in [4.78, 5) is 15.0. The third kappa shape index (κ3) is 2.81. The van der Waals surface area contributed by atoms with Crippen molar-refractivity contribution in [2.75, 3.05) is 0 Å². The highest BCUT2D eigenvalue weighted by Gasteiger charge is 2.40. The zero-order chi connectivity index (χ0) is 16.5. The summed E-state index contributed by atoms with van der Waals surface area (Å²) in [7, 11) is 0. The van der Waals surface area contributed by atoms with Crippen LogP contribution in [0.3, 0.4) is 0 Å². The number of nitrogens with zero attached hydrogens (tertiary/aromatic N) is 1. The molecule has 0 N–H and O–H groups in total. The number of fused-ring (bicyclic) bond motifs is 2. The minimum Gasteiger partial charge on any atom is -0.329 e. The average Bonchev–Trinajstić information content (AvgIpc) is 2.62. The topological polar surface area (TPSA) is 20.3 Å². The SMILES string of the molecule is CC(=O)N(C1CCCC2CC=CC=C21)C1CCCC2CC=CC=C21. The van der Waals surface area contributed by atoms with Crippen LogP contribution in [0.5, 0.6) is 0 Å². The van der Waals surface area contributed by atoms with Gasteiger partial charge in [0.2, 0.25) is 5.91 Å². The van der Waals surface area contributed by atoms with Crippen molar-refractivity contribution in [2.24, 2.45) is 11.8 Å². The van der Waals surface area contributed by atoms with E-state index < -0.39 is 0 Å². The van der Waals surface area contributed by atoms with Crippen LogP contribution in [0.1, 0.15) is 58.3 Å². The molecule has 2 fully saturated rings. The average molecular weight is 323 g/mol. The molecule has 24 heavy (non-hydrogen) atoms. The van der Waals surface area contributed by atoms with Gasteiger partial charge in [-0.15, -0.1) is 0 Å². The van der Waals surface area contributed by atoms with Gasteiger partial charge in [-0.05, 0) is 61.5 Å². The van der Waals surface area contributed by atoms with Gasteiger partial charge in [0.15, 0.2) is 0 Å². The number of hydrogen-bond acceptors (Lipinski definition) is 1. The van der Waals surface area contributed by atoms with Crippen molar-refractivity contribution in [2.45, 2.75) is 70.4 Å². The van der Waals surface area contributed by atoms with Gasteiger partial charge < -0.3 is 4.90 Å². The zero-order valence-electron chi connectivity index (χ0n) is 14.8. The summed E-state index contributed by atoms with van der Waals surface area (Å²) in [5, 5.41) is 0. The van der Waals surface area contributed by atoms with Crippen LogP contribution in [-0.4, -0.2) is 22.9 Å². The first-order valence-corrected chi connectivity index (χ1v) is 9.78. The standard InChI is InChI=1S/C22H29NO/c1-16(24)23(21-14-6-10-17-8-2-4-12-19(17)21)22-15-7-11-18-9-3-5-13-20(18)22/h2-5,12-13,17-18,21-22H,6-11,14-15H2,1H3. The van der Waals surface area contributed by atoms with Gasteiger partial charge in [-0.1, -0.05) is 49.3 Å². The lowest BCUT2D eigenvalue weighted by molar-refractivity contribution is -0.133. The van der Waals surface area contributed by atoms with E-state index in [1.807, 2.05) is 0 Å². The maximum Gasteiger partial charge on any atom is 0.220 e. The second kappa shape index (κ2) is 6.74. The van der Waals surface area contributed by atoms with Crippen molar-refractivity contribution in [3.05, 3.63) is 47.6 Å². The zero-order valence-corrected chi connectivity index (χ0v) is 14.8. The Morgan fingerprint density at radius 3 is 1.83 bits per heavy atom. The molecule has 0 radical (unpaired) electrons. The van der Waals surface area contributed by atoms with Crippen LogP contribution in [0.25, 0.3) is 0 Å². The summed E-state index contributed by atoms with van der Waals surface area (Å²) >= 11 is 0. The lowest BCUT2D eigenvalue weighted by Gasteiger charge is -2.47. The van der Waals surface area contributed by atoms with Crippen molar-refractivity contribution in [1.29, 1.82) is 0 Å². The van der Waals surface area contributed by atoms with Crippen LogP contribution >= 0.6 is 0 Å².